The molecule has 0 amide bonds. The fourth-order valence-corrected chi connectivity index (χ4v) is 0.967. The standard InChI is InChI=1S/C2H6N2O3S2/c1-8(5)3-4-9(2,6)7/h1-2H3/t8-/m0/s1. The van der Waals surface area contributed by atoms with Crippen LogP contribution in [0.15, 0.2) is 9.04 Å². The van der Waals surface area contributed by atoms with Gasteiger partial charge in [0.2, 0.25) is 0 Å². The Morgan fingerprint density at radius 3 is 2.00 bits per heavy atom. The lowest BCUT2D eigenvalue weighted by molar-refractivity contribution is 0.601. The third-order valence-electron chi connectivity index (χ3n) is 0.297. The summed E-state index contributed by atoms with van der Waals surface area (Å²) in [4.78, 5) is 0. The summed E-state index contributed by atoms with van der Waals surface area (Å²) in [5.74, 6) is 0. The van der Waals surface area contributed by atoms with E-state index in [-0.39, 0.29) is 0 Å². The normalized spacial score (nSPS) is 16.2. The number of rotatable bonds is 2. The summed E-state index contributed by atoms with van der Waals surface area (Å²) >= 11 is 0. The Kier molecular flexibility index (Phi) is 2.92. The molecule has 0 aliphatic carbocycles. The average molecular weight is 170 g/mol. The molecule has 0 spiro atoms. The molecular weight excluding hydrogens is 164 g/mol. The molecular formula is C2H6N2O3S2. The van der Waals surface area contributed by atoms with Crippen LogP contribution in [0.4, 0.5) is 0 Å². The average Bonchev–Trinajstić information content (AvgIpc) is 1.59. The van der Waals surface area contributed by atoms with Crippen molar-refractivity contribution in [1.29, 1.82) is 0 Å². The maximum Gasteiger partial charge on any atom is 0.268 e. The highest BCUT2D eigenvalue weighted by molar-refractivity contribution is 7.90. The van der Waals surface area contributed by atoms with Crippen molar-refractivity contribution in [3.05, 3.63) is 0 Å². The topological polar surface area (TPSA) is 75.9 Å². The predicted octanol–water partition coefficient (Wildman–Crippen LogP) is -0.308. The van der Waals surface area contributed by atoms with Gasteiger partial charge >= 0.3 is 0 Å². The van der Waals surface area contributed by atoms with Crippen molar-refractivity contribution >= 4 is 21.0 Å². The van der Waals surface area contributed by atoms with E-state index in [1.54, 1.807) is 0 Å². The third-order valence-corrected chi connectivity index (χ3v) is 1.09. The highest BCUT2D eigenvalue weighted by Crippen LogP contribution is 1.87. The van der Waals surface area contributed by atoms with Crippen molar-refractivity contribution < 1.29 is 12.6 Å². The first kappa shape index (κ1) is 8.70. The zero-order valence-corrected chi connectivity index (χ0v) is 6.57. The van der Waals surface area contributed by atoms with Crippen LogP contribution in [0.1, 0.15) is 0 Å². The van der Waals surface area contributed by atoms with E-state index in [0.717, 1.165) is 6.26 Å². The second-order valence-electron chi connectivity index (χ2n) is 1.32. The second kappa shape index (κ2) is 3.02. The number of nitrogens with zero attached hydrogens (tertiary/aromatic N) is 2. The van der Waals surface area contributed by atoms with Crippen molar-refractivity contribution in [1.82, 2.24) is 0 Å². The Morgan fingerprint density at radius 1 is 1.44 bits per heavy atom. The highest BCUT2D eigenvalue weighted by Gasteiger charge is 1.94. The SMILES string of the molecule is C[S@](=O)N=NS(C)(=O)=O. The Bertz CT molecular complexity index is 228. The number of sulfonamides is 1. The van der Waals surface area contributed by atoms with Gasteiger partial charge in [-0.05, 0) is 4.52 Å². The zero-order chi connectivity index (χ0) is 7.49. The van der Waals surface area contributed by atoms with Crippen LogP contribution in [-0.4, -0.2) is 25.1 Å². The van der Waals surface area contributed by atoms with Crippen molar-refractivity contribution in [2.75, 3.05) is 12.5 Å². The maximum atomic E-state index is 10.1. The smallest absolute Gasteiger partial charge is 0.234 e. The molecule has 0 unspecified atom stereocenters. The van der Waals surface area contributed by atoms with E-state index < -0.39 is 21.0 Å². The first-order chi connectivity index (χ1) is 3.92. The Labute approximate surface area is 55.8 Å². The molecule has 0 aromatic rings. The van der Waals surface area contributed by atoms with Gasteiger partial charge in [-0.3, -0.25) is 0 Å². The molecule has 0 aromatic carbocycles. The van der Waals surface area contributed by atoms with E-state index in [9.17, 15) is 12.6 Å². The fraction of sp³-hybridized carbons (Fsp3) is 1.00. The zero-order valence-electron chi connectivity index (χ0n) is 4.94. The molecule has 0 rings (SSSR count). The molecule has 0 heterocycles. The van der Waals surface area contributed by atoms with Gasteiger partial charge in [-0.1, -0.05) is 4.52 Å². The second-order valence-corrected chi connectivity index (χ2v) is 3.96. The molecule has 7 heteroatoms. The minimum Gasteiger partial charge on any atom is -0.234 e. The molecule has 0 aliphatic rings. The monoisotopic (exact) mass is 170 g/mol. The van der Waals surface area contributed by atoms with E-state index >= 15 is 0 Å². The molecule has 9 heavy (non-hydrogen) atoms. The van der Waals surface area contributed by atoms with E-state index in [0.29, 0.717) is 0 Å². The lowest BCUT2D eigenvalue weighted by atomic mass is 12.0. The molecule has 1 atom stereocenters. The summed E-state index contributed by atoms with van der Waals surface area (Å²) in [5, 5.41) is 0. The summed E-state index contributed by atoms with van der Waals surface area (Å²) < 4.78 is 36.0. The van der Waals surface area contributed by atoms with E-state index in [4.69, 9.17) is 0 Å². The molecule has 0 aromatic heterocycles. The van der Waals surface area contributed by atoms with Gasteiger partial charge in [0.25, 0.3) is 10.0 Å². The minimum atomic E-state index is -3.45. The van der Waals surface area contributed by atoms with Gasteiger partial charge in [0.05, 0.1) is 6.26 Å². The largest absolute Gasteiger partial charge is 0.268 e. The lowest BCUT2D eigenvalue weighted by Gasteiger charge is -1.79. The minimum absolute atomic E-state index is 0.878. The van der Waals surface area contributed by atoms with Gasteiger partial charge in [-0.25, -0.2) is 12.6 Å². The fourth-order valence-electron chi connectivity index (χ4n) is 0.107. The van der Waals surface area contributed by atoms with Crippen LogP contribution in [0.5, 0.6) is 0 Å². The first-order valence-electron chi connectivity index (χ1n) is 1.88. The maximum absolute atomic E-state index is 10.1. The lowest BCUT2D eigenvalue weighted by Crippen LogP contribution is -1.88. The summed E-state index contributed by atoms with van der Waals surface area (Å²) in [6.07, 6.45) is 2.11. The van der Waals surface area contributed by atoms with Gasteiger partial charge in [-0.2, -0.15) is 0 Å². The summed E-state index contributed by atoms with van der Waals surface area (Å²) in [7, 11) is -4.99. The van der Waals surface area contributed by atoms with E-state index in [2.05, 4.69) is 9.04 Å². The van der Waals surface area contributed by atoms with Gasteiger partial charge in [0.1, 0.15) is 0 Å². The number of hydrogen-bond donors (Lipinski definition) is 0. The van der Waals surface area contributed by atoms with Gasteiger partial charge in [-0.15, -0.1) is 0 Å². The first-order valence-corrected chi connectivity index (χ1v) is 5.24. The molecule has 0 saturated carbocycles. The quantitative estimate of drug-likeness (QED) is 0.533. The summed E-state index contributed by atoms with van der Waals surface area (Å²) in [5.41, 5.74) is 0. The molecule has 0 saturated heterocycles. The van der Waals surface area contributed by atoms with Crippen LogP contribution >= 0.6 is 0 Å². The molecule has 0 bridgehead atoms. The third kappa shape index (κ3) is 7.70. The van der Waals surface area contributed by atoms with Crippen LogP contribution in [-0.2, 0) is 21.0 Å². The summed E-state index contributed by atoms with van der Waals surface area (Å²) in [6.45, 7) is 0. The Balaban J connectivity index is 4.21. The van der Waals surface area contributed by atoms with Crippen molar-refractivity contribution in [2.24, 2.45) is 9.04 Å². The van der Waals surface area contributed by atoms with Crippen LogP contribution in [0.3, 0.4) is 0 Å². The summed E-state index contributed by atoms with van der Waals surface area (Å²) in [6, 6.07) is 0. The Morgan fingerprint density at radius 2 is 1.89 bits per heavy atom. The molecule has 54 valence electrons. The van der Waals surface area contributed by atoms with Crippen LogP contribution < -0.4 is 0 Å². The Hall–Kier alpha value is -0.300. The van der Waals surface area contributed by atoms with Crippen LogP contribution in [0, 0.1) is 0 Å². The molecule has 0 fully saturated rings. The molecule has 0 N–H and O–H groups in total. The highest BCUT2D eigenvalue weighted by atomic mass is 32.2. The van der Waals surface area contributed by atoms with Gasteiger partial charge in [0.15, 0.2) is 11.0 Å². The van der Waals surface area contributed by atoms with Crippen molar-refractivity contribution in [2.45, 2.75) is 0 Å². The predicted molar refractivity (Wildman–Crippen MR) is 33.8 cm³/mol. The van der Waals surface area contributed by atoms with E-state index in [1.165, 1.54) is 6.26 Å². The molecule has 0 radical (unpaired) electrons. The van der Waals surface area contributed by atoms with Crippen molar-refractivity contribution in [3.63, 3.8) is 0 Å². The van der Waals surface area contributed by atoms with Gasteiger partial charge in [0, 0.05) is 6.26 Å². The van der Waals surface area contributed by atoms with E-state index in [1.807, 2.05) is 0 Å². The van der Waals surface area contributed by atoms with Crippen LogP contribution in [0.25, 0.3) is 0 Å². The van der Waals surface area contributed by atoms with Crippen molar-refractivity contribution in [3.8, 4) is 0 Å². The number of hydrogen-bond acceptors (Lipinski definition) is 3. The molecule has 5 nitrogen and oxygen atoms in total. The van der Waals surface area contributed by atoms with Gasteiger partial charge < -0.3 is 0 Å². The molecule has 0 aliphatic heterocycles. The van der Waals surface area contributed by atoms with Crippen LogP contribution in [0.2, 0.25) is 0 Å².